The van der Waals surface area contributed by atoms with Crippen molar-refractivity contribution in [1.29, 1.82) is 0 Å². The van der Waals surface area contributed by atoms with E-state index in [2.05, 4.69) is 47.2 Å². The third-order valence-corrected chi connectivity index (χ3v) is 5.89. The average molecular weight is 277 g/mol. The maximum absolute atomic E-state index is 10.5. The lowest BCUT2D eigenvalue weighted by molar-refractivity contribution is 0.271. The monoisotopic (exact) mass is 277 g/mol. The summed E-state index contributed by atoms with van der Waals surface area (Å²) in [5.74, 6) is 0. The second kappa shape index (κ2) is 5.02. The van der Waals surface area contributed by atoms with Crippen molar-refractivity contribution in [1.82, 2.24) is 4.90 Å². The Bertz CT molecular complexity index is 585. The summed E-state index contributed by atoms with van der Waals surface area (Å²) in [5.41, 5.74) is 1.08. The molecule has 1 saturated heterocycles. The van der Waals surface area contributed by atoms with Gasteiger partial charge in [0.2, 0.25) is 0 Å². The van der Waals surface area contributed by atoms with Crippen LogP contribution in [0.4, 0.5) is 5.69 Å². The molecule has 0 saturated carbocycles. The van der Waals surface area contributed by atoms with Crippen LogP contribution in [0.25, 0.3) is 10.1 Å². The lowest BCUT2D eigenvalue weighted by Gasteiger charge is -2.34. The molecule has 19 heavy (non-hydrogen) atoms. The van der Waals surface area contributed by atoms with Gasteiger partial charge in [-0.2, -0.15) is 0 Å². The van der Waals surface area contributed by atoms with Crippen LogP contribution in [0.1, 0.15) is 6.92 Å². The molecule has 0 bridgehead atoms. The van der Waals surface area contributed by atoms with Crippen LogP contribution in [0.2, 0.25) is 0 Å². The van der Waals surface area contributed by atoms with E-state index < -0.39 is 0 Å². The lowest BCUT2D eigenvalue weighted by atomic mass is 10.2. The number of nitrogens with zero attached hydrogens (tertiary/aromatic N) is 2. The van der Waals surface area contributed by atoms with Gasteiger partial charge in [0.15, 0.2) is 4.70 Å². The molecule has 1 aromatic carbocycles. The zero-order valence-corrected chi connectivity index (χ0v) is 12.4. The Hall–Kier alpha value is -1.26. The summed E-state index contributed by atoms with van der Waals surface area (Å²) in [5, 5.41) is 12.3. The molecule has 0 spiro atoms. The van der Waals surface area contributed by atoms with Gasteiger partial charge >= 0.3 is 5.06 Å². The van der Waals surface area contributed by atoms with E-state index in [1.165, 1.54) is 10.1 Å². The van der Waals surface area contributed by atoms with Crippen LogP contribution in [0, 0.1) is 0 Å². The molecule has 0 radical (unpaired) electrons. The first-order valence-electron chi connectivity index (χ1n) is 6.88. The number of fused-ring (bicyclic) bond motifs is 1. The third-order valence-electron chi connectivity index (χ3n) is 4.10. The highest BCUT2D eigenvalue weighted by molar-refractivity contribution is 7.37. The zero-order chi connectivity index (χ0) is 13.4. The van der Waals surface area contributed by atoms with E-state index in [0.29, 0.717) is 5.06 Å². The molecule has 3 nitrogen and oxygen atoms in total. The van der Waals surface area contributed by atoms with Gasteiger partial charge in [-0.3, -0.25) is 0 Å². The Kier molecular flexibility index (Phi) is 3.37. The summed E-state index contributed by atoms with van der Waals surface area (Å²) < 4.78 is 1.29. The second-order valence-electron chi connectivity index (χ2n) is 5.08. The first kappa shape index (κ1) is 12.8. The summed E-state index contributed by atoms with van der Waals surface area (Å²) in [4.78, 5) is 4.82. The third kappa shape index (κ3) is 2.09. The minimum Gasteiger partial charge on any atom is -0.467 e. The quantitative estimate of drug-likeness (QED) is 0.855. The van der Waals surface area contributed by atoms with E-state index in [4.69, 9.17) is 0 Å². The minimum atomic E-state index is -0.155. The van der Waals surface area contributed by atoms with Crippen LogP contribution in [-0.2, 0) is 6.26 Å². The van der Waals surface area contributed by atoms with Gasteiger partial charge in [-0.05, 0) is 18.7 Å². The highest BCUT2D eigenvalue weighted by atomic mass is 32.2. The van der Waals surface area contributed by atoms with E-state index in [0.717, 1.165) is 38.4 Å². The number of hydrogen-bond donors (Lipinski definition) is 1. The van der Waals surface area contributed by atoms with Crippen molar-refractivity contribution in [2.45, 2.75) is 6.92 Å². The Balaban J connectivity index is 1.99. The lowest BCUT2D eigenvalue weighted by Crippen LogP contribution is -2.46. The van der Waals surface area contributed by atoms with E-state index in [-0.39, 0.29) is 10.5 Å². The molecule has 1 aliphatic rings. The van der Waals surface area contributed by atoms with Gasteiger partial charge in [0.25, 0.3) is 0 Å². The highest BCUT2D eigenvalue weighted by Gasteiger charge is 2.29. The van der Waals surface area contributed by atoms with E-state index >= 15 is 0 Å². The molecule has 102 valence electrons. The molecule has 2 aromatic rings. The summed E-state index contributed by atoms with van der Waals surface area (Å²) in [6.45, 7) is 7.53. The first-order valence-corrected chi connectivity index (χ1v) is 8.51. The van der Waals surface area contributed by atoms with Crippen molar-refractivity contribution >= 4 is 26.2 Å². The second-order valence-corrected chi connectivity index (χ2v) is 6.93. The van der Waals surface area contributed by atoms with Crippen molar-refractivity contribution in [2.75, 3.05) is 37.6 Å². The zero-order valence-electron chi connectivity index (χ0n) is 11.6. The van der Waals surface area contributed by atoms with Gasteiger partial charge in [0, 0.05) is 36.6 Å². The standard InChI is InChI=1S/C15H20N2OS/c1-3-16-8-10-17(11-9-16)14-12-6-4-5-7-13(12)19(2)15(14)18/h4-7H,3,8-11H2,1-2H3/p+1. The van der Waals surface area contributed by atoms with Crippen LogP contribution in [0.15, 0.2) is 24.3 Å². The van der Waals surface area contributed by atoms with Crippen LogP contribution in [0.3, 0.4) is 0 Å². The van der Waals surface area contributed by atoms with Gasteiger partial charge in [-0.1, -0.05) is 19.1 Å². The molecule has 1 aliphatic heterocycles. The summed E-state index contributed by atoms with van der Waals surface area (Å²) in [7, 11) is -0.155. The van der Waals surface area contributed by atoms with Gasteiger partial charge in [0.05, 0.1) is 5.39 Å². The van der Waals surface area contributed by atoms with E-state index in [1.807, 2.05) is 0 Å². The van der Waals surface area contributed by atoms with Crippen molar-refractivity contribution in [2.24, 2.45) is 6.26 Å². The fourth-order valence-corrected chi connectivity index (χ4v) is 4.40. The number of anilines is 1. The Morgan fingerprint density at radius 1 is 1.16 bits per heavy atom. The molecule has 1 unspecified atom stereocenters. The topological polar surface area (TPSA) is 26.7 Å². The van der Waals surface area contributed by atoms with E-state index in [9.17, 15) is 5.11 Å². The van der Waals surface area contributed by atoms with Crippen LogP contribution in [0.5, 0.6) is 5.06 Å². The molecule has 1 atom stereocenters. The molecular weight excluding hydrogens is 256 g/mol. The summed E-state index contributed by atoms with van der Waals surface area (Å²) >= 11 is 0. The fraction of sp³-hybridized carbons (Fsp3) is 0.467. The number of hydrogen-bond acceptors (Lipinski definition) is 3. The maximum atomic E-state index is 10.5. The SMILES string of the molecule is CCN1CCN(c2c(O)[s+](C)c3ccccc23)CC1. The normalized spacial score (nSPS) is 18.2. The van der Waals surface area contributed by atoms with Crippen molar-refractivity contribution in [3.05, 3.63) is 24.3 Å². The number of piperazine rings is 1. The molecule has 1 N–H and O–H groups in total. The van der Waals surface area contributed by atoms with Crippen LogP contribution < -0.4 is 4.90 Å². The van der Waals surface area contributed by atoms with Crippen molar-refractivity contribution < 1.29 is 5.11 Å². The Morgan fingerprint density at radius 3 is 2.53 bits per heavy atom. The molecular formula is C15H21N2OS+. The largest absolute Gasteiger partial charge is 0.467 e. The van der Waals surface area contributed by atoms with Gasteiger partial charge in [-0.25, -0.2) is 0 Å². The summed E-state index contributed by atoms with van der Waals surface area (Å²) in [6, 6.07) is 8.41. The number of thiophene rings is 1. The number of benzene rings is 1. The maximum Gasteiger partial charge on any atom is 0.351 e. The van der Waals surface area contributed by atoms with Crippen molar-refractivity contribution in [3.8, 4) is 5.06 Å². The smallest absolute Gasteiger partial charge is 0.351 e. The minimum absolute atomic E-state index is 0.155. The molecule has 0 amide bonds. The Morgan fingerprint density at radius 2 is 1.84 bits per heavy atom. The molecule has 2 heterocycles. The molecule has 0 aliphatic carbocycles. The van der Waals surface area contributed by atoms with E-state index in [1.54, 1.807) is 0 Å². The van der Waals surface area contributed by atoms with Crippen LogP contribution in [-0.4, -0.2) is 42.7 Å². The molecule has 1 aromatic heterocycles. The fourth-order valence-electron chi connectivity index (χ4n) is 2.89. The first-order chi connectivity index (χ1) is 9.22. The molecule has 3 rings (SSSR count). The highest BCUT2D eigenvalue weighted by Crippen LogP contribution is 2.49. The Labute approximate surface area is 117 Å². The van der Waals surface area contributed by atoms with Gasteiger partial charge in [-0.15, -0.1) is 0 Å². The average Bonchev–Trinajstić information content (AvgIpc) is 2.72. The van der Waals surface area contributed by atoms with Crippen molar-refractivity contribution in [3.63, 3.8) is 0 Å². The molecule has 1 fully saturated rings. The molecule has 4 heteroatoms. The number of rotatable bonds is 2. The van der Waals surface area contributed by atoms with Gasteiger partial charge in [0.1, 0.15) is 11.9 Å². The predicted octanol–water partition coefficient (Wildman–Crippen LogP) is 2.97. The number of likely N-dealkylation sites (N-methyl/N-ethyl adjacent to an activating group) is 1. The number of aromatic hydroxyl groups is 1. The van der Waals surface area contributed by atoms with Crippen LogP contribution >= 0.6 is 10.5 Å². The predicted molar refractivity (Wildman–Crippen MR) is 83.4 cm³/mol. The van der Waals surface area contributed by atoms with Gasteiger partial charge < -0.3 is 14.9 Å². The number of aryl methyl sites for hydroxylation is 1. The summed E-state index contributed by atoms with van der Waals surface area (Å²) in [6.07, 6.45) is 2.11.